The van der Waals surface area contributed by atoms with Crippen molar-refractivity contribution in [2.75, 3.05) is 6.54 Å². The van der Waals surface area contributed by atoms with Crippen molar-refractivity contribution in [1.29, 1.82) is 0 Å². The number of ketones is 4. The fourth-order valence-corrected chi connectivity index (χ4v) is 11.3. The monoisotopic (exact) mass is 990 g/mol. The molecule has 1 saturated heterocycles. The third-order valence-electron chi connectivity index (χ3n) is 16.1. The van der Waals surface area contributed by atoms with E-state index < -0.39 is 60.3 Å². The van der Waals surface area contributed by atoms with Crippen LogP contribution in [0.25, 0.3) is 11.1 Å². The first-order valence-electron chi connectivity index (χ1n) is 26.6. The number of aliphatic hydroxyl groups is 1. The lowest BCUT2D eigenvalue weighted by molar-refractivity contribution is -0.199. The van der Waals surface area contributed by atoms with Gasteiger partial charge >= 0.3 is 7.12 Å². The summed E-state index contributed by atoms with van der Waals surface area (Å²) in [5, 5.41) is 26.3. The van der Waals surface area contributed by atoms with Crippen molar-refractivity contribution < 1.29 is 48.3 Å². The molecule has 1 unspecified atom stereocenters. The number of aromatic hydroxyl groups is 1. The van der Waals surface area contributed by atoms with E-state index in [-0.39, 0.29) is 79.0 Å². The highest BCUT2D eigenvalue weighted by Crippen LogP contribution is 2.66. The number of hydrogen-bond donors (Lipinski definition) is 5. The summed E-state index contributed by atoms with van der Waals surface area (Å²) in [5.74, 6) is -3.28. The van der Waals surface area contributed by atoms with Gasteiger partial charge in [-0.3, -0.25) is 28.8 Å². The average molecular weight is 990 g/mol. The van der Waals surface area contributed by atoms with E-state index in [1.165, 1.54) is 24.6 Å². The first kappa shape index (κ1) is 56.3. The SMILES string of the molecule is CCCCc1ccc(-c2ccc(C(=O)CCCC(=O)C[C@@H](CCCCN)C(=O)N[C@H](C(=O)C[C@@H](C)C(=O)N[C@@H](Cc3ccc(O)cc3)C(=O)C[C@@H](C)B3OC4C[C@@H]5C[C@@H](C5(C)C)[C@]4(C)O3)[C@@H](C)O)cc2)cc1. The highest BCUT2D eigenvalue weighted by molar-refractivity contribution is 6.47. The van der Waals surface area contributed by atoms with Crippen LogP contribution in [0, 0.1) is 29.1 Å². The Hall–Kier alpha value is -5.02. The lowest BCUT2D eigenvalue weighted by atomic mass is 9.43. The molecule has 10 atom stereocenters. The molecule has 6 N–H and O–H groups in total. The van der Waals surface area contributed by atoms with Crippen LogP contribution < -0.4 is 16.4 Å². The third-order valence-corrected chi connectivity index (χ3v) is 16.1. The van der Waals surface area contributed by atoms with Gasteiger partial charge in [-0.2, -0.15) is 0 Å². The number of amides is 2. The van der Waals surface area contributed by atoms with Crippen LogP contribution in [0.5, 0.6) is 5.75 Å². The fraction of sp³-hybridized carbons (Fsp3) is 0.586. The largest absolute Gasteiger partial charge is 0.508 e. The Morgan fingerprint density at radius 2 is 1.42 bits per heavy atom. The molecule has 0 aromatic heterocycles. The first-order chi connectivity index (χ1) is 34.2. The van der Waals surface area contributed by atoms with Crippen molar-refractivity contribution >= 4 is 42.1 Å². The summed E-state index contributed by atoms with van der Waals surface area (Å²) in [5.41, 5.74) is 10.1. The van der Waals surface area contributed by atoms with E-state index in [0.29, 0.717) is 55.2 Å². The van der Waals surface area contributed by atoms with Crippen molar-refractivity contribution in [3.63, 3.8) is 0 Å². The van der Waals surface area contributed by atoms with Gasteiger partial charge in [-0.05, 0) is 129 Å². The molecule has 72 heavy (non-hydrogen) atoms. The van der Waals surface area contributed by atoms with Crippen LogP contribution in [0.4, 0.5) is 0 Å². The molecule has 3 saturated carbocycles. The summed E-state index contributed by atoms with van der Waals surface area (Å²) >= 11 is 0. The summed E-state index contributed by atoms with van der Waals surface area (Å²) in [7, 11) is -0.582. The summed E-state index contributed by atoms with van der Waals surface area (Å²) in [6.45, 7) is 14.1. The number of rotatable bonds is 29. The van der Waals surface area contributed by atoms with Crippen LogP contribution in [0.1, 0.15) is 153 Å². The van der Waals surface area contributed by atoms with Crippen molar-refractivity contribution in [3.05, 3.63) is 89.5 Å². The van der Waals surface area contributed by atoms with Crippen LogP contribution >= 0.6 is 0 Å². The molecule has 3 aromatic carbocycles. The van der Waals surface area contributed by atoms with Crippen LogP contribution in [-0.4, -0.2) is 88.7 Å². The number of nitrogens with one attached hydrogen (secondary N) is 2. The van der Waals surface area contributed by atoms with E-state index in [2.05, 4.69) is 62.6 Å². The van der Waals surface area contributed by atoms with Crippen molar-refractivity contribution in [1.82, 2.24) is 10.6 Å². The predicted molar refractivity (Wildman–Crippen MR) is 280 cm³/mol. The van der Waals surface area contributed by atoms with Gasteiger partial charge in [0.05, 0.1) is 23.9 Å². The third kappa shape index (κ3) is 14.2. The maximum absolute atomic E-state index is 14.1. The van der Waals surface area contributed by atoms with E-state index in [0.717, 1.165) is 43.2 Å². The molecule has 1 aliphatic heterocycles. The summed E-state index contributed by atoms with van der Waals surface area (Å²) in [6, 6.07) is 20.0. The van der Waals surface area contributed by atoms with Gasteiger partial charge in [0.15, 0.2) is 17.3 Å². The number of benzene rings is 3. The molecule has 2 bridgehead atoms. The second kappa shape index (κ2) is 25.3. The summed E-state index contributed by atoms with van der Waals surface area (Å²) < 4.78 is 13.1. The van der Waals surface area contributed by atoms with Gasteiger partial charge in [0.25, 0.3) is 0 Å². The number of nitrogens with two attached hydrogens (primary N) is 1. The number of phenolic OH excluding ortho intramolecular Hbond substituents is 1. The zero-order valence-corrected chi connectivity index (χ0v) is 43.8. The Kier molecular flexibility index (Phi) is 19.8. The molecule has 2 amide bonds. The zero-order chi connectivity index (χ0) is 52.3. The predicted octanol–water partition coefficient (Wildman–Crippen LogP) is 8.73. The second-order valence-electron chi connectivity index (χ2n) is 22.1. The Balaban J connectivity index is 1.01. The van der Waals surface area contributed by atoms with E-state index in [4.69, 9.17) is 15.0 Å². The van der Waals surface area contributed by atoms with Crippen LogP contribution in [-0.2, 0) is 46.1 Å². The van der Waals surface area contributed by atoms with Gasteiger partial charge in [-0.15, -0.1) is 0 Å². The van der Waals surface area contributed by atoms with Crippen molar-refractivity contribution in [2.24, 2.45) is 34.8 Å². The molecule has 1 heterocycles. The van der Waals surface area contributed by atoms with Crippen LogP contribution in [0.15, 0.2) is 72.8 Å². The quantitative estimate of drug-likeness (QED) is 0.0252. The van der Waals surface area contributed by atoms with Gasteiger partial charge < -0.3 is 35.9 Å². The normalized spacial score (nSPS) is 22.3. The number of unbranched alkanes of at least 4 members (excludes halogenated alkanes) is 2. The number of aryl methyl sites for hydroxylation is 1. The number of phenols is 1. The number of aliphatic hydroxyl groups excluding tert-OH is 1. The molecule has 0 spiro atoms. The maximum atomic E-state index is 14.1. The molecular weight excluding hydrogens is 909 g/mol. The number of carbonyl (C=O) groups excluding carboxylic acids is 6. The molecular formula is C58H80BN3O10. The van der Waals surface area contributed by atoms with Gasteiger partial charge in [-0.25, -0.2) is 0 Å². The van der Waals surface area contributed by atoms with Crippen molar-refractivity contribution in [2.45, 2.75) is 180 Å². The molecule has 7 rings (SSSR count). The average Bonchev–Trinajstić information content (AvgIpc) is 3.72. The van der Waals surface area contributed by atoms with Gasteiger partial charge in [0.2, 0.25) is 11.8 Å². The van der Waals surface area contributed by atoms with Crippen molar-refractivity contribution in [3.8, 4) is 16.9 Å². The molecule has 3 aliphatic carbocycles. The summed E-state index contributed by atoms with van der Waals surface area (Å²) in [4.78, 5) is 82.1. The molecule has 14 heteroatoms. The standard InChI is InChI=1S/C58H80BN3O10/c1-8-9-13-39-17-21-41(22-18-39)42-23-25-43(26-24-42)49(66)16-12-15-47(65)33-44(14-10-11-29-60)56(70)62-54(38(4)63)51(68)30-36(2)55(69)61-48(32-40-19-27-46(64)28-20-40)50(67)31-37(3)59-71-53-35-45-34-52(57(45,5)6)58(53,7)72-59/h17-28,36-38,44-45,48,52-54,63-64H,8-16,29-35,60H2,1-7H3,(H,61,69)(H,62,70)/t36-,37-,38-,44-,45+,48+,52+,53?,54+,58+/m1/s1. The van der Waals surface area contributed by atoms with E-state index in [1.807, 2.05) is 31.2 Å². The Labute approximate surface area is 427 Å². The van der Waals surface area contributed by atoms with Gasteiger partial charge in [0, 0.05) is 49.5 Å². The zero-order valence-electron chi connectivity index (χ0n) is 43.8. The highest BCUT2D eigenvalue weighted by Gasteiger charge is 2.68. The van der Waals surface area contributed by atoms with Gasteiger partial charge in [-0.1, -0.05) is 108 Å². The fourth-order valence-electron chi connectivity index (χ4n) is 11.3. The van der Waals surface area contributed by atoms with E-state index in [9.17, 15) is 39.0 Å². The number of hydrogen-bond acceptors (Lipinski definition) is 11. The highest BCUT2D eigenvalue weighted by atomic mass is 16.7. The molecule has 4 aliphatic rings. The minimum atomic E-state index is -1.36. The first-order valence-corrected chi connectivity index (χ1v) is 26.6. The van der Waals surface area contributed by atoms with E-state index in [1.54, 1.807) is 19.1 Å². The molecule has 0 radical (unpaired) electrons. The Morgan fingerprint density at radius 3 is 2.04 bits per heavy atom. The maximum Gasteiger partial charge on any atom is 0.461 e. The minimum absolute atomic E-state index is 0.0455. The molecule has 390 valence electrons. The molecule has 3 aromatic rings. The lowest BCUT2D eigenvalue weighted by Gasteiger charge is -2.64. The van der Waals surface area contributed by atoms with Crippen LogP contribution in [0.2, 0.25) is 5.82 Å². The Morgan fingerprint density at radius 1 is 0.764 bits per heavy atom. The van der Waals surface area contributed by atoms with Crippen LogP contribution in [0.3, 0.4) is 0 Å². The van der Waals surface area contributed by atoms with Gasteiger partial charge in [0.1, 0.15) is 17.6 Å². The second-order valence-corrected chi connectivity index (χ2v) is 22.1. The smallest absolute Gasteiger partial charge is 0.461 e. The summed E-state index contributed by atoms with van der Waals surface area (Å²) in [6.07, 6.45) is 5.83. The van der Waals surface area contributed by atoms with E-state index >= 15 is 0 Å². The molecule has 13 nitrogen and oxygen atoms in total. The number of carbonyl (C=O) groups is 6. The number of Topliss-reactive ketones (excluding diaryl/α,β-unsaturated/α-hetero) is 4. The Bertz CT molecular complexity index is 2340. The molecule has 4 fully saturated rings. The topological polar surface area (TPSA) is 211 Å². The lowest BCUT2D eigenvalue weighted by Crippen LogP contribution is -2.65. The minimum Gasteiger partial charge on any atom is -0.508 e.